The van der Waals surface area contributed by atoms with Gasteiger partial charge < -0.3 is 29.9 Å². The predicted octanol–water partition coefficient (Wildman–Crippen LogP) is 4.49. The van der Waals surface area contributed by atoms with Crippen LogP contribution in [0.1, 0.15) is 40.5 Å². The smallest absolute Gasteiger partial charge is 0.260 e. The highest BCUT2D eigenvalue weighted by Crippen LogP contribution is 2.40. The van der Waals surface area contributed by atoms with Crippen LogP contribution >= 0.6 is 0 Å². The molecule has 0 unspecified atom stereocenters. The lowest BCUT2D eigenvalue weighted by atomic mass is 10.1. The van der Waals surface area contributed by atoms with Crippen LogP contribution in [0.5, 0.6) is 5.75 Å². The van der Waals surface area contributed by atoms with E-state index in [2.05, 4.69) is 15.6 Å². The zero-order valence-corrected chi connectivity index (χ0v) is 21.3. The third kappa shape index (κ3) is 4.95. The molecule has 2 N–H and O–H groups in total. The molecule has 0 bridgehead atoms. The number of hydrogen-bond acceptors (Lipinski definition) is 7. The number of pyridine rings is 1. The van der Waals surface area contributed by atoms with Gasteiger partial charge in [0.15, 0.2) is 0 Å². The van der Waals surface area contributed by atoms with Crippen molar-refractivity contribution in [3.05, 3.63) is 65.9 Å². The Morgan fingerprint density at radius 3 is 2.73 bits per heavy atom. The second-order valence-electron chi connectivity index (χ2n) is 9.16. The van der Waals surface area contributed by atoms with Crippen LogP contribution in [0.3, 0.4) is 0 Å². The number of hydrogen-bond donors (Lipinski definition) is 2. The number of rotatable bonds is 6. The monoisotopic (exact) mass is 501 g/mol. The number of aromatic nitrogens is 1. The number of ether oxygens (including phenoxy) is 2. The minimum atomic E-state index is -0.154. The van der Waals surface area contributed by atoms with Crippen LogP contribution < -0.4 is 25.2 Å². The third-order valence-electron chi connectivity index (χ3n) is 6.69. The molecule has 9 heteroatoms. The summed E-state index contributed by atoms with van der Waals surface area (Å²) in [5.74, 6) is 0.899. The first kappa shape index (κ1) is 24.6. The zero-order valence-electron chi connectivity index (χ0n) is 21.3. The van der Waals surface area contributed by atoms with Crippen molar-refractivity contribution in [3.8, 4) is 5.75 Å². The zero-order chi connectivity index (χ0) is 25.9. The lowest BCUT2D eigenvalue weighted by molar-refractivity contribution is 0.0624. The molecule has 0 saturated carbocycles. The highest BCUT2D eigenvalue weighted by Gasteiger charge is 2.28. The summed E-state index contributed by atoms with van der Waals surface area (Å²) in [6.07, 6.45) is 3.54. The van der Waals surface area contributed by atoms with Gasteiger partial charge in [0.2, 0.25) is 0 Å². The first-order valence-corrected chi connectivity index (χ1v) is 12.5. The molecule has 1 aromatic heterocycles. The molecule has 37 heavy (non-hydrogen) atoms. The maximum absolute atomic E-state index is 13.0. The van der Waals surface area contributed by atoms with E-state index in [0.29, 0.717) is 47.3 Å². The van der Waals surface area contributed by atoms with Gasteiger partial charge in [-0.1, -0.05) is 12.1 Å². The van der Waals surface area contributed by atoms with Crippen LogP contribution in [0, 0.1) is 0 Å². The second-order valence-corrected chi connectivity index (χ2v) is 9.16. The Bertz CT molecular complexity index is 1320. The predicted molar refractivity (Wildman–Crippen MR) is 144 cm³/mol. The van der Waals surface area contributed by atoms with E-state index in [1.54, 1.807) is 30.3 Å². The van der Waals surface area contributed by atoms with Crippen molar-refractivity contribution in [2.45, 2.75) is 25.8 Å². The molecule has 5 rings (SSSR count). The number of fused-ring (bicyclic) bond motifs is 2. The average Bonchev–Trinajstić information content (AvgIpc) is 3.00. The van der Waals surface area contributed by atoms with E-state index in [-0.39, 0.29) is 17.9 Å². The number of carbonyl (C=O) groups is 2. The maximum atomic E-state index is 13.0. The summed E-state index contributed by atoms with van der Waals surface area (Å²) in [5.41, 5.74) is 4.20. The summed E-state index contributed by atoms with van der Waals surface area (Å²) < 4.78 is 11.3. The van der Waals surface area contributed by atoms with Gasteiger partial charge >= 0.3 is 0 Å². The van der Waals surface area contributed by atoms with Crippen molar-refractivity contribution in [1.29, 1.82) is 0 Å². The number of carbonyl (C=O) groups excluding carboxylic acids is 2. The van der Waals surface area contributed by atoms with E-state index in [1.807, 2.05) is 55.3 Å². The normalized spacial score (nSPS) is 16.9. The van der Waals surface area contributed by atoms with Crippen molar-refractivity contribution in [3.63, 3.8) is 0 Å². The molecule has 1 saturated heterocycles. The Hall–Kier alpha value is -4.11. The molecule has 2 aromatic carbocycles. The topological polar surface area (TPSA) is 96.0 Å². The number of amides is 2. The van der Waals surface area contributed by atoms with Gasteiger partial charge in [0.1, 0.15) is 11.6 Å². The summed E-state index contributed by atoms with van der Waals surface area (Å²) in [4.78, 5) is 34.1. The summed E-state index contributed by atoms with van der Waals surface area (Å²) in [6.45, 7) is 3.62. The highest BCUT2D eigenvalue weighted by atomic mass is 16.5. The molecular weight excluding hydrogens is 470 g/mol. The molecule has 1 fully saturated rings. The summed E-state index contributed by atoms with van der Waals surface area (Å²) in [7, 11) is 3.69. The number of para-hydroxylation sites is 1. The van der Waals surface area contributed by atoms with Crippen molar-refractivity contribution in [2.75, 3.05) is 49.0 Å². The number of nitrogens with one attached hydrogen (secondary N) is 2. The van der Waals surface area contributed by atoms with Crippen LogP contribution in [-0.4, -0.2) is 56.8 Å². The van der Waals surface area contributed by atoms with Crippen LogP contribution in [0.4, 0.5) is 28.6 Å². The Labute approximate surface area is 216 Å². The number of anilines is 5. The fraction of sp³-hybridized carbons (Fsp3) is 0.321. The summed E-state index contributed by atoms with van der Waals surface area (Å²) >= 11 is 0. The van der Waals surface area contributed by atoms with Gasteiger partial charge in [-0.25, -0.2) is 4.98 Å². The SMILES string of the molecule is CCOc1cc(C(=O)N[C@@H]2CCCOC2)ccc1Nc1cc2c(cn1)N(C)C(=O)c1ccccc1N2C. The summed E-state index contributed by atoms with van der Waals surface area (Å²) in [6, 6.07) is 14.8. The number of benzene rings is 2. The number of nitrogens with zero attached hydrogens (tertiary/aromatic N) is 3. The molecule has 0 spiro atoms. The van der Waals surface area contributed by atoms with Crippen LogP contribution in [0.2, 0.25) is 0 Å². The fourth-order valence-corrected chi connectivity index (χ4v) is 4.70. The standard InChI is InChI=1S/C28H31N5O4/c1-4-37-25-14-18(27(34)30-19-8-7-13-36-17-19)11-12-21(25)31-26-15-23-24(16-29-26)33(3)28(35)20-9-5-6-10-22(20)32(23)2/h5-6,9-12,14-16,19H,4,7-8,13,17H2,1-3H3,(H,29,31)(H,30,34)/t19-/m1/s1. The van der Waals surface area contributed by atoms with Gasteiger partial charge in [0.05, 0.1) is 53.8 Å². The van der Waals surface area contributed by atoms with Crippen molar-refractivity contribution in [1.82, 2.24) is 10.3 Å². The molecule has 0 aliphatic carbocycles. The Morgan fingerprint density at radius 2 is 1.95 bits per heavy atom. The maximum Gasteiger partial charge on any atom is 0.260 e. The molecule has 0 radical (unpaired) electrons. The average molecular weight is 502 g/mol. The molecule has 3 heterocycles. The molecule has 1 atom stereocenters. The van der Waals surface area contributed by atoms with Crippen molar-refractivity contribution >= 4 is 40.4 Å². The van der Waals surface area contributed by atoms with Crippen LogP contribution in [-0.2, 0) is 4.74 Å². The Balaban J connectivity index is 1.42. The van der Waals surface area contributed by atoms with E-state index in [1.165, 1.54) is 0 Å². The molecule has 2 aliphatic heterocycles. The minimum absolute atomic E-state index is 0.0190. The molecule has 9 nitrogen and oxygen atoms in total. The van der Waals surface area contributed by atoms with E-state index >= 15 is 0 Å². The Kier molecular flexibility index (Phi) is 6.96. The fourth-order valence-electron chi connectivity index (χ4n) is 4.70. The quantitative estimate of drug-likeness (QED) is 0.514. The van der Waals surface area contributed by atoms with Gasteiger partial charge in [-0.2, -0.15) is 0 Å². The molecular formula is C28H31N5O4. The lowest BCUT2D eigenvalue weighted by Crippen LogP contribution is -2.40. The van der Waals surface area contributed by atoms with E-state index < -0.39 is 0 Å². The van der Waals surface area contributed by atoms with E-state index in [9.17, 15) is 9.59 Å². The second kappa shape index (κ2) is 10.5. The van der Waals surface area contributed by atoms with Crippen LogP contribution in [0.25, 0.3) is 0 Å². The van der Waals surface area contributed by atoms with Gasteiger partial charge in [0, 0.05) is 32.3 Å². The molecule has 192 valence electrons. The van der Waals surface area contributed by atoms with Crippen molar-refractivity contribution in [2.24, 2.45) is 0 Å². The first-order chi connectivity index (χ1) is 18.0. The lowest BCUT2D eigenvalue weighted by Gasteiger charge is -2.23. The van der Waals surface area contributed by atoms with Crippen LogP contribution in [0.15, 0.2) is 54.7 Å². The van der Waals surface area contributed by atoms with E-state index in [4.69, 9.17) is 9.47 Å². The first-order valence-electron chi connectivity index (χ1n) is 12.5. The largest absolute Gasteiger partial charge is 0.492 e. The van der Waals surface area contributed by atoms with Gasteiger partial charge in [-0.3, -0.25) is 9.59 Å². The van der Waals surface area contributed by atoms with Crippen molar-refractivity contribution < 1.29 is 19.1 Å². The van der Waals surface area contributed by atoms with Gasteiger partial charge in [0.25, 0.3) is 11.8 Å². The van der Waals surface area contributed by atoms with Gasteiger partial charge in [-0.15, -0.1) is 0 Å². The van der Waals surface area contributed by atoms with E-state index in [0.717, 1.165) is 30.8 Å². The Morgan fingerprint density at radius 1 is 1.11 bits per heavy atom. The highest BCUT2D eigenvalue weighted by molar-refractivity contribution is 6.13. The molecule has 2 aliphatic rings. The van der Waals surface area contributed by atoms with Gasteiger partial charge in [-0.05, 0) is 50.1 Å². The minimum Gasteiger partial charge on any atom is -0.492 e. The molecule has 3 aromatic rings. The molecule has 2 amide bonds. The third-order valence-corrected chi connectivity index (χ3v) is 6.69. The summed E-state index contributed by atoms with van der Waals surface area (Å²) in [5, 5.41) is 6.37.